The summed E-state index contributed by atoms with van der Waals surface area (Å²) in [6.07, 6.45) is 1.68. The van der Waals surface area contributed by atoms with Crippen LogP contribution in [0.25, 0.3) is 0 Å². The maximum atomic E-state index is 13.0. The molecule has 1 aromatic carbocycles. The molecule has 0 saturated carbocycles. The first-order chi connectivity index (χ1) is 14.2. The van der Waals surface area contributed by atoms with E-state index in [2.05, 4.69) is 15.3 Å². The Balaban J connectivity index is 0.00000341. The number of aromatic nitrogens is 1. The van der Waals surface area contributed by atoms with Crippen LogP contribution >= 0.6 is 24.0 Å². The lowest BCUT2D eigenvalue weighted by Gasteiger charge is -2.39. The van der Waals surface area contributed by atoms with Crippen molar-refractivity contribution in [3.63, 3.8) is 0 Å². The Morgan fingerprint density at radius 1 is 1.26 bits per heavy atom. The van der Waals surface area contributed by atoms with Crippen molar-refractivity contribution in [2.45, 2.75) is 32.1 Å². The van der Waals surface area contributed by atoms with Gasteiger partial charge in [0.15, 0.2) is 15.8 Å². The summed E-state index contributed by atoms with van der Waals surface area (Å²) in [5, 5.41) is 3.24. The van der Waals surface area contributed by atoms with Gasteiger partial charge < -0.3 is 15.0 Å². The number of ether oxygens (including phenoxy) is 1. The molecule has 0 amide bonds. The van der Waals surface area contributed by atoms with E-state index in [1.54, 1.807) is 26.1 Å². The number of hydrogen-bond donors (Lipinski definition) is 1. The molecule has 31 heavy (non-hydrogen) atoms. The molecule has 0 spiro atoms. The normalized spacial score (nSPS) is 17.5. The van der Waals surface area contributed by atoms with Crippen LogP contribution in [0.2, 0.25) is 0 Å². The molecule has 1 saturated heterocycles. The summed E-state index contributed by atoms with van der Waals surface area (Å²) >= 11 is 0. The van der Waals surface area contributed by atoms with E-state index in [0.29, 0.717) is 43.8 Å². The minimum atomic E-state index is -3.11. The smallest absolute Gasteiger partial charge is 0.219 e. The van der Waals surface area contributed by atoms with Crippen LogP contribution < -0.4 is 10.1 Å². The van der Waals surface area contributed by atoms with Crippen LogP contribution in [0.4, 0.5) is 4.39 Å². The summed E-state index contributed by atoms with van der Waals surface area (Å²) in [4.78, 5) is 10.9. The van der Waals surface area contributed by atoms with E-state index < -0.39 is 14.6 Å². The van der Waals surface area contributed by atoms with E-state index in [0.717, 1.165) is 5.56 Å². The number of aliphatic imine (C=N–C) groups is 1. The molecular weight excluding hydrogens is 534 g/mol. The molecule has 0 unspecified atom stereocenters. The quantitative estimate of drug-likeness (QED) is 0.341. The maximum absolute atomic E-state index is 13.0. The van der Waals surface area contributed by atoms with Crippen molar-refractivity contribution >= 4 is 39.8 Å². The van der Waals surface area contributed by atoms with Gasteiger partial charge in [-0.1, -0.05) is 6.07 Å². The van der Waals surface area contributed by atoms with Crippen molar-refractivity contribution < 1.29 is 17.5 Å². The standard InChI is InChI=1S/C21H27FN4O3S.HI/c1-4-23-20(26-11-12-30(27,28)21(2,3)15-26)25-14-16-5-10-19(24-13-16)29-18-8-6-17(22)7-9-18;/h5-10,13H,4,11-12,14-15H2,1-3H3,(H,23,25);1H. The average Bonchev–Trinajstić information content (AvgIpc) is 2.70. The van der Waals surface area contributed by atoms with Gasteiger partial charge in [-0.25, -0.2) is 22.8 Å². The van der Waals surface area contributed by atoms with E-state index in [9.17, 15) is 12.8 Å². The summed E-state index contributed by atoms with van der Waals surface area (Å²) in [7, 11) is -3.11. The van der Waals surface area contributed by atoms with Gasteiger partial charge in [0, 0.05) is 31.9 Å². The fourth-order valence-corrected chi connectivity index (χ4v) is 4.47. The highest BCUT2D eigenvalue weighted by Gasteiger charge is 2.40. The highest BCUT2D eigenvalue weighted by atomic mass is 127. The highest BCUT2D eigenvalue weighted by Crippen LogP contribution is 2.24. The molecule has 1 aliphatic rings. The Morgan fingerprint density at radius 2 is 1.97 bits per heavy atom. The third-order valence-electron chi connectivity index (χ3n) is 4.92. The predicted octanol–water partition coefficient (Wildman–Crippen LogP) is 3.61. The first-order valence-corrected chi connectivity index (χ1v) is 11.5. The average molecular weight is 562 g/mol. The third-order valence-corrected chi connectivity index (χ3v) is 7.46. The molecular formula is C21H28FIN4O3S. The first-order valence-electron chi connectivity index (χ1n) is 9.84. The van der Waals surface area contributed by atoms with Crippen molar-refractivity contribution in [1.82, 2.24) is 15.2 Å². The maximum Gasteiger partial charge on any atom is 0.219 e. The number of hydrogen-bond acceptors (Lipinski definition) is 5. The fourth-order valence-electron chi connectivity index (χ4n) is 3.10. The van der Waals surface area contributed by atoms with Crippen LogP contribution in [0.3, 0.4) is 0 Å². The van der Waals surface area contributed by atoms with Crippen LogP contribution in [-0.4, -0.2) is 54.4 Å². The molecule has 2 heterocycles. The van der Waals surface area contributed by atoms with E-state index in [1.807, 2.05) is 17.9 Å². The number of sulfone groups is 1. The number of benzene rings is 1. The van der Waals surface area contributed by atoms with Crippen molar-refractivity contribution in [3.05, 3.63) is 54.0 Å². The van der Waals surface area contributed by atoms with Crippen molar-refractivity contribution in [2.75, 3.05) is 25.4 Å². The Bertz CT molecular complexity index is 996. The van der Waals surface area contributed by atoms with Gasteiger partial charge in [-0.15, -0.1) is 24.0 Å². The molecule has 0 radical (unpaired) electrons. The van der Waals surface area contributed by atoms with E-state index in [1.165, 1.54) is 24.3 Å². The largest absolute Gasteiger partial charge is 0.439 e. The second-order valence-electron chi connectivity index (χ2n) is 7.73. The Morgan fingerprint density at radius 3 is 2.55 bits per heavy atom. The Hall–Kier alpha value is -1.95. The third kappa shape index (κ3) is 6.52. The van der Waals surface area contributed by atoms with Crippen LogP contribution in [-0.2, 0) is 16.4 Å². The zero-order chi connectivity index (χ0) is 21.8. The van der Waals surface area contributed by atoms with Gasteiger partial charge in [0.2, 0.25) is 5.88 Å². The van der Waals surface area contributed by atoms with Crippen molar-refractivity contribution in [1.29, 1.82) is 0 Å². The minimum Gasteiger partial charge on any atom is -0.439 e. The van der Waals surface area contributed by atoms with Crippen molar-refractivity contribution in [3.8, 4) is 11.6 Å². The second-order valence-corrected chi connectivity index (χ2v) is 10.5. The fraction of sp³-hybridized carbons (Fsp3) is 0.429. The van der Waals surface area contributed by atoms with Crippen LogP contribution in [0.15, 0.2) is 47.6 Å². The van der Waals surface area contributed by atoms with Gasteiger partial charge in [-0.3, -0.25) is 0 Å². The zero-order valence-electron chi connectivity index (χ0n) is 17.8. The molecule has 0 bridgehead atoms. The van der Waals surface area contributed by atoms with Gasteiger partial charge in [0.25, 0.3) is 0 Å². The van der Waals surface area contributed by atoms with Crippen LogP contribution in [0.5, 0.6) is 11.6 Å². The monoisotopic (exact) mass is 562 g/mol. The summed E-state index contributed by atoms with van der Waals surface area (Å²) < 4.78 is 42.3. The molecule has 1 aliphatic heterocycles. The highest BCUT2D eigenvalue weighted by molar-refractivity contribution is 14.0. The number of guanidine groups is 1. The van der Waals surface area contributed by atoms with Gasteiger partial charge >= 0.3 is 0 Å². The lowest BCUT2D eigenvalue weighted by Crippen LogP contribution is -2.57. The summed E-state index contributed by atoms with van der Waals surface area (Å²) in [5.41, 5.74) is 0.890. The summed E-state index contributed by atoms with van der Waals surface area (Å²) in [5.74, 6) is 1.39. The van der Waals surface area contributed by atoms with E-state index >= 15 is 0 Å². The summed E-state index contributed by atoms with van der Waals surface area (Å²) in [6, 6.07) is 9.33. The molecule has 1 aromatic heterocycles. The number of pyridine rings is 1. The van der Waals surface area contributed by atoms with Crippen LogP contribution in [0.1, 0.15) is 26.3 Å². The number of rotatable bonds is 5. The summed E-state index contributed by atoms with van der Waals surface area (Å²) in [6.45, 7) is 7.37. The Kier molecular flexibility index (Phi) is 8.64. The molecule has 3 rings (SSSR count). The van der Waals surface area contributed by atoms with Crippen LogP contribution in [0, 0.1) is 5.82 Å². The topological polar surface area (TPSA) is 83.9 Å². The number of halogens is 2. The van der Waals surface area contributed by atoms with Crippen molar-refractivity contribution in [2.24, 2.45) is 4.99 Å². The predicted molar refractivity (Wildman–Crippen MR) is 130 cm³/mol. The molecule has 2 aromatic rings. The number of nitrogens with zero attached hydrogens (tertiary/aromatic N) is 3. The number of nitrogens with one attached hydrogen (secondary N) is 1. The zero-order valence-corrected chi connectivity index (χ0v) is 21.0. The van der Waals surface area contributed by atoms with E-state index in [-0.39, 0.29) is 35.5 Å². The van der Waals surface area contributed by atoms with Gasteiger partial charge in [-0.2, -0.15) is 0 Å². The molecule has 0 atom stereocenters. The SMILES string of the molecule is CCNC(=NCc1ccc(Oc2ccc(F)cc2)nc1)N1CCS(=O)(=O)C(C)(C)C1.I. The molecule has 10 heteroatoms. The van der Waals surface area contributed by atoms with E-state index in [4.69, 9.17) is 4.74 Å². The molecule has 170 valence electrons. The lowest BCUT2D eigenvalue weighted by molar-refractivity contribution is 0.353. The van der Waals surface area contributed by atoms with Gasteiger partial charge in [0.05, 0.1) is 17.0 Å². The second kappa shape index (κ2) is 10.6. The molecule has 7 nitrogen and oxygen atoms in total. The first kappa shape index (κ1) is 25.3. The molecule has 1 N–H and O–H groups in total. The lowest BCUT2D eigenvalue weighted by atomic mass is 10.2. The molecule has 1 fully saturated rings. The molecule has 0 aliphatic carbocycles. The Labute approximate surface area is 200 Å². The van der Waals surface area contributed by atoms with Gasteiger partial charge in [-0.05, 0) is 50.6 Å². The minimum absolute atomic E-state index is 0. The van der Waals surface area contributed by atoms with Gasteiger partial charge in [0.1, 0.15) is 11.6 Å².